The number of nitrogens with zero attached hydrogens (tertiary/aromatic N) is 2. The van der Waals surface area contributed by atoms with Crippen molar-refractivity contribution in [1.29, 1.82) is 0 Å². The Kier molecular flexibility index (Phi) is 4.00. The molecule has 3 rings (SSSR count). The molecule has 4 nitrogen and oxygen atoms in total. The second kappa shape index (κ2) is 5.84. The molecule has 0 spiro atoms. The molecule has 0 saturated heterocycles. The Bertz CT molecular complexity index is 745. The zero-order chi connectivity index (χ0) is 16.7. The molecule has 1 amide bonds. The summed E-state index contributed by atoms with van der Waals surface area (Å²) in [6.45, 7) is 8.77. The zero-order valence-corrected chi connectivity index (χ0v) is 14.3. The molecule has 0 saturated carbocycles. The van der Waals surface area contributed by atoms with Gasteiger partial charge >= 0.3 is 0 Å². The fourth-order valence-corrected chi connectivity index (χ4v) is 4.03. The minimum Gasteiger partial charge on any atom is -0.365 e. The molecule has 23 heavy (non-hydrogen) atoms. The van der Waals surface area contributed by atoms with Gasteiger partial charge in [-0.1, -0.05) is 32.9 Å². The van der Waals surface area contributed by atoms with Gasteiger partial charge in [-0.3, -0.25) is 4.79 Å². The summed E-state index contributed by atoms with van der Waals surface area (Å²) in [7, 11) is 0. The van der Waals surface area contributed by atoms with Crippen LogP contribution in [0.25, 0.3) is 5.69 Å². The average Bonchev–Trinajstić information content (AvgIpc) is 2.89. The molecule has 2 aromatic rings. The molecule has 1 aromatic heterocycles. The number of primary amides is 1. The molecular formula is C19H25N3O. The maximum absolute atomic E-state index is 11.5. The first-order valence-corrected chi connectivity index (χ1v) is 8.38. The van der Waals surface area contributed by atoms with Crippen molar-refractivity contribution < 1.29 is 4.79 Å². The first-order chi connectivity index (χ1) is 10.9. The predicted molar refractivity (Wildman–Crippen MR) is 91.9 cm³/mol. The fraction of sp³-hybridized carbons (Fsp3) is 0.474. The standard InChI is InChI=1S/C19H25N3O/c1-11(2)14-8-9-16-15(12(14)3)6-5-7-18(16)22-10-17(19(20)23)13(4)21-22/h5-7,10-12,14H,8-9H2,1-4H3,(H2,20,23). The number of fused-ring (bicyclic) bond motifs is 1. The highest BCUT2D eigenvalue weighted by Crippen LogP contribution is 2.41. The van der Waals surface area contributed by atoms with Gasteiger partial charge in [0.25, 0.3) is 5.91 Å². The number of hydrogen-bond acceptors (Lipinski definition) is 2. The SMILES string of the molecule is Cc1nn(-c2cccc3c2CCC(C(C)C)C3C)cc1C(N)=O. The Morgan fingerprint density at radius 1 is 1.39 bits per heavy atom. The van der Waals surface area contributed by atoms with Gasteiger partial charge < -0.3 is 5.73 Å². The van der Waals surface area contributed by atoms with Crippen LogP contribution in [0, 0.1) is 18.8 Å². The highest BCUT2D eigenvalue weighted by Gasteiger charge is 2.30. The molecule has 1 aliphatic rings. The van der Waals surface area contributed by atoms with Crippen molar-refractivity contribution in [2.24, 2.45) is 17.6 Å². The van der Waals surface area contributed by atoms with E-state index in [-0.39, 0.29) is 0 Å². The minimum atomic E-state index is -0.424. The fourth-order valence-electron chi connectivity index (χ4n) is 4.03. The van der Waals surface area contributed by atoms with Gasteiger partial charge in [-0.25, -0.2) is 4.68 Å². The van der Waals surface area contributed by atoms with Crippen molar-refractivity contribution in [3.8, 4) is 5.69 Å². The molecule has 122 valence electrons. The minimum absolute atomic E-state index is 0.424. The predicted octanol–water partition coefficient (Wildman–Crippen LogP) is 3.60. The summed E-state index contributed by atoms with van der Waals surface area (Å²) in [5, 5.41) is 4.51. The van der Waals surface area contributed by atoms with Crippen molar-refractivity contribution in [3.05, 3.63) is 46.8 Å². The summed E-state index contributed by atoms with van der Waals surface area (Å²) in [6, 6.07) is 6.41. The summed E-state index contributed by atoms with van der Waals surface area (Å²) < 4.78 is 1.82. The van der Waals surface area contributed by atoms with E-state index in [1.54, 1.807) is 6.20 Å². The van der Waals surface area contributed by atoms with E-state index in [0.717, 1.165) is 18.0 Å². The number of nitrogens with two attached hydrogens (primary N) is 1. The number of rotatable bonds is 3. The number of aromatic nitrogens is 2. The monoisotopic (exact) mass is 311 g/mol. The Morgan fingerprint density at radius 3 is 2.74 bits per heavy atom. The maximum atomic E-state index is 11.5. The lowest BCUT2D eigenvalue weighted by Gasteiger charge is -2.35. The smallest absolute Gasteiger partial charge is 0.252 e. The molecule has 2 atom stereocenters. The summed E-state index contributed by atoms with van der Waals surface area (Å²) in [6.07, 6.45) is 4.02. The van der Waals surface area contributed by atoms with Gasteiger partial charge in [0, 0.05) is 6.20 Å². The topological polar surface area (TPSA) is 60.9 Å². The molecule has 0 radical (unpaired) electrons. The third-order valence-electron chi connectivity index (χ3n) is 5.32. The van der Waals surface area contributed by atoms with E-state index in [1.165, 1.54) is 17.5 Å². The Labute approximate surface area is 137 Å². The van der Waals surface area contributed by atoms with E-state index in [2.05, 4.69) is 44.1 Å². The Hall–Kier alpha value is -2.10. The van der Waals surface area contributed by atoms with Crippen LogP contribution in [0.4, 0.5) is 0 Å². The van der Waals surface area contributed by atoms with Crippen LogP contribution in [-0.4, -0.2) is 15.7 Å². The van der Waals surface area contributed by atoms with Crippen LogP contribution in [-0.2, 0) is 6.42 Å². The quantitative estimate of drug-likeness (QED) is 0.941. The van der Waals surface area contributed by atoms with E-state index >= 15 is 0 Å². The molecule has 1 heterocycles. The Balaban J connectivity index is 2.07. The molecule has 2 N–H and O–H groups in total. The number of aryl methyl sites for hydroxylation is 1. The maximum Gasteiger partial charge on any atom is 0.252 e. The highest BCUT2D eigenvalue weighted by atomic mass is 16.1. The van der Waals surface area contributed by atoms with Crippen molar-refractivity contribution in [1.82, 2.24) is 9.78 Å². The van der Waals surface area contributed by atoms with Crippen LogP contribution in [0.15, 0.2) is 24.4 Å². The molecule has 1 aromatic carbocycles. The van der Waals surface area contributed by atoms with Gasteiger partial charge in [0.1, 0.15) is 0 Å². The first-order valence-electron chi connectivity index (χ1n) is 8.38. The van der Waals surface area contributed by atoms with Crippen LogP contribution in [0.5, 0.6) is 0 Å². The second-order valence-corrected chi connectivity index (χ2v) is 7.02. The van der Waals surface area contributed by atoms with Crippen LogP contribution >= 0.6 is 0 Å². The van der Waals surface area contributed by atoms with Crippen molar-refractivity contribution in [2.75, 3.05) is 0 Å². The zero-order valence-electron chi connectivity index (χ0n) is 14.3. The molecule has 0 fully saturated rings. The van der Waals surface area contributed by atoms with Gasteiger partial charge in [-0.15, -0.1) is 0 Å². The lowest BCUT2D eigenvalue weighted by Crippen LogP contribution is -2.24. The van der Waals surface area contributed by atoms with E-state index in [9.17, 15) is 4.79 Å². The van der Waals surface area contributed by atoms with Crippen LogP contribution in [0.1, 0.15) is 60.3 Å². The summed E-state index contributed by atoms with van der Waals surface area (Å²) in [5.41, 5.74) is 10.4. The molecule has 0 bridgehead atoms. The van der Waals surface area contributed by atoms with Crippen molar-refractivity contribution >= 4 is 5.91 Å². The van der Waals surface area contributed by atoms with Gasteiger partial charge in [-0.05, 0) is 54.7 Å². The van der Waals surface area contributed by atoms with Gasteiger partial charge in [0.05, 0.1) is 16.9 Å². The van der Waals surface area contributed by atoms with E-state index in [4.69, 9.17) is 5.73 Å². The molecular weight excluding hydrogens is 286 g/mol. The third kappa shape index (κ3) is 2.67. The molecule has 4 heteroatoms. The highest BCUT2D eigenvalue weighted by molar-refractivity contribution is 5.93. The van der Waals surface area contributed by atoms with Crippen LogP contribution in [0.2, 0.25) is 0 Å². The largest absolute Gasteiger partial charge is 0.365 e. The van der Waals surface area contributed by atoms with Crippen LogP contribution in [0.3, 0.4) is 0 Å². The van der Waals surface area contributed by atoms with E-state index in [0.29, 0.717) is 23.1 Å². The van der Waals surface area contributed by atoms with Gasteiger partial charge in [-0.2, -0.15) is 5.10 Å². The molecule has 2 unspecified atom stereocenters. The lowest BCUT2D eigenvalue weighted by molar-refractivity contribution is 0.0999. The number of carbonyl (C=O) groups is 1. The molecule has 1 aliphatic carbocycles. The lowest BCUT2D eigenvalue weighted by atomic mass is 9.71. The van der Waals surface area contributed by atoms with Gasteiger partial charge in [0.15, 0.2) is 0 Å². The first kappa shape index (κ1) is 15.8. The van der Waals surface area contributed by atoms with E-state index in [1.807, 2.05) is 11.6 Å². The summed E-state index contributed by atoms with van der Waals surface area (Å²) >= 11 is 0. The Morgan fingerprint density at radius 2 is 2.13 bits per heavy atom. The molecule has 0 aliphatic heterocycles. The number of hydrogen-bond donors (Lipinski definition) is 1. The van der Waals surface area contributed by atoms with Crippen molar-refractivity contribution in [3.63, 3.8) is 0 Å². The summed E-state index contributed by atoms with van der Waals surface area (Å²) in [4.78, 5) is 11.5. The van der Waals surface area contributed by atoms with Crippen molar-refractivity contribution in [2.45, 2.75) is 46.5 Å². The number of carbonyl (C=O) groups excluding carboxylic acids is 1. The second-order valence-electron chi connectivity index (χ2n) is 7.02. The van der Waals surface area contributed by atoms with E-state index < -0.39 is 5.91 Å². The number of benzene rings is 1. The normalized spacial score (nSPS) is 20.6. The summed E-state index contributed by atoms with van der Waals surface area (Å²) in [5.74, 6) is 1.53. The van der Waals surface area contributed by atoms with Crippen LogP contribution < -0.4 is 5.73 Å². The van der Waals surface area contributed by atoms with Gasteiger partial charge in [0.2, 0.25) is 0 Å². The average molecular weight is 311 g/mol. The number of amides is 1. The third-order valence-corrected chi connectivity index (χ3v) is 5.32.